The normalized spacial score (nSPS) is 12.0. The van der Waals surface area contributed by atoms with Gasteiger partial charge in [0.15, 0.2) is 5.11 Å². The fraction of sp³-hybridized carbons (Fsp3) is 0.200. The average Bonchev–Trinajstić information content (AvgIpc) is 3.20. The van der Waals surface area contributed by atoms with Gasteiger partial charge < -0.3 is 15.6 Å². The third-order valence-electron chi connectivity index (χ3n) is 5.30. The van der Waals surface area contributed by atoms with E-state index in [1.165, 1.54) is 24.3 Å². The molecular formula is C25H23F4N7S. The zero-order valence-electron chi connectivity index (χ0n) is 19.9. The number of nitrogens with one attached hydrogen (secondary N) is 4. The molecule has 0 aliphatic rings. The van der Waals surface area contributed by atoms with Gasteiger partial charge in [-0.2, -0.15) is 13.2 Å². The van der Waals surface area contributed by atoms with Crippen molar-refractivity contribution in [3.05, 3.63) is 83.1 Å². The van der Waals surface area contributed by atoms with Crippen molar-refractivity contribution in [1.29, 1.82) is 0 Å². The van der Waals surface area contributed by atoms with Gasteiger partial charge in [-0.3, -0.25) is 10.3 Å². The number of hydrogen-bond donors (Lipinski definition) is 4. The fourth-order valence-corrected chi connectivity index (χ4v) is 3.87. The van der Waals surface area contributed by atoms with Crippen LogP contribution in [-0.4, -0.2) is 32.6 Å². The van der Waals surface area contributed by atoms with Crippen LogP contribution in [0.15, 0.2) is 59.7 Å². The molecule has 192 valence electrons. The predicted octanol–water partition coefficient (Wildman–Crippen LogP) is 5.73. The second-order valence-electron chi connectivity index (χ2n) is 8.24. The van der Waals surface area contributed by atoms with Crippen LogP contribution in [0.5, 0.6) is 0 Å². The van der Waals surface area contributed by atoms with Crippen LogP contribution in [0.3, 0.4) is 0 Å². The first-order chi connectivity index (χ1) is 17.6. The van der Waals surface area contributed by atoms with Crippen LogP contribution in [0, 0.1) is 19.7 Å². The fourth-order valence-electron chi connectivity index (χ4n) is 3.66. The third kappa shape index (κ3) is 7.00. The number of aromatic amines is 1. The maximum absolute atomic E-state index is 13.7. The number of fused-ring (bicyclic) bond motifs is 1. The van der Waals surface area contributed by atoms with E-state index >= 15 is 0 Å². The Morgan fingerprint density at radius 2 is 1.70 bits per heavy atom. The van der Waals surface area contributed by atoms with Gasteiger partial charge in [-0.15, -0.1) is 0 Å². The monoisotopic (exact) mass is 529 g/mol. The molecule has 0 atom stereocenters. The second kappa shape index (κ2) is 10.9. The highest BCUT2D eigenvalue weighted by molar-refractivity contribution is 7.80. The van der Waals surface area contributed by atoms with E-state index in [9.17, 15) is 17.6 Å². The van der Waals surface area contributed by atoms with E-state index < -0.39 is 11.7 Å². The summed E-state index contributed by atoms with van der Waals surface area (Å²) in [5.74, 6) is 0.211. The van der Waals surface area contributed by atoms with Gasteiger partial charge >= 0.3 is 6.18 Å². The molecule has 4 rings (SSSR count). The SMILES string of the molecule is Cc1cc(C)nc(NC(=NCCc2c[nH]c3ccc(F)cc23)NC(=S)Nc2ccc(C(F)(F)F)cc2)n1. The summed E-state index contributed by atoms with van der Waals surface area (Å²) in [6.45, 7) is 3.97. The molecule has 0 fully saturated rings. The first-order valence-corrected chi connectivity index (χ1v) is 11.6. The summed E-state index contributed by atoms with van der Waals surface area (Å²) >= 11 is 5.34. The molecule has 2 aromatic heterocycles. The van der Waals surface area contributed by atoms with Crippen molar-refractivity contribution in [2.24, 2.45) is 4.99 Å². The molecule has 0 radical (unpaired) electrons. The van der Waals surface area contributed by atoms with E-state index in [2.05, 4.69) is 35.9 Å². The minimum absolute atomic E-state index is 0.101. The Bertz CT molecular complexity index is 1430. The summed E-state index contributed by atoms with van der Waals surface area (Å²) < 4.78 is 52.2. The number of aliphatic imine (C=N–C) groups is 1. The van der Waals surface area contributed by atoms with Gasteiger partial charge in [0.1, 0.15) is 5.82 Å². The van der Waals surface area contributed by atoms with Gasteiger partial charge in [0.25, 0.3) is 0 Å². The van der Waals surface area contributed by atoms with Crippen molar-refractivity contribution in [2.45, 2.75) is 26.4 Å². The number of aromatic nitrogens is 3. The molecule has 4 N–H and O–H groups in total. The van der Waals surface area contributed by atoms with Crippen molar-refractivity contribution in [3.63, 3.8) is 0 Å². The standard InChI is InChI=1S/C25H23F4N7S/c1-14-11-15(2)33-23(32-14)35-22(30-10-9-16-13-31-21-8-5-18(26)12-20(16)21)36-24(37)34-19-6-3-17(4-7-19)25(27,28)29/h3-8,11-13,31H,9-10H2,1-2H3,(H3,30,32,33,34,35,36,37). The molecule has 0 aliphatic carbocycles. The van der Waals surface area contributed by atoms with E-state index in [4.69, 9.17) is 12.2 Å². The van der Waals surface area contributed by atoms with Crippen LogP contribution in [0.2, 0.25) is 0 Å². The smallest absolute Gasteiger partial charge is 0.361 e. The molecule has 7 nitrogen and oxygen atoms in total. The molecule has 0 spiro atoms. The Morgan fingerprint density at radius 1 is 1.00 bits per heavy atom. The molecule has 0 amide bonds. The molecule has 0 bridgehead atoms. The van der Waals surface area contributed by atoms with Crippen LogP contribution in [-0.2, 0) is 12.6 Å². The number of alkyl halides is 3. The van der Waals surface area contributed by atoms with Crippen molar-refractivity contribution in [1.82, 2.24) is 20.3 Å². The van der Waals surface area contributed by atoms with Crippen molar-refractivity contribution >= 4 is 45.8 Å². The Labute approximate surface area is 215 Å². The third-order valence-corrected chi connectivity index (χ3v) is 5.50. The quantitative estimate of drug-likeness (QED) is 0.114. The zero-order valence-corrected chi connectivity index (χ0v) is 20.7. The number of aryl methyl sites for hydroxylation is 2. The van der Waals surface area contributed by atoms with Gasteiger partial charge in [-0.1, -0.05) is 0 Å². The lowest BCUT2D eigenvalue weighted by Crippen LogP contribution is -2.39. The van der Waals surface area contributed by atoms with Gasteiger partial charge in [-0.25, -0.2) is 14.4 Å². The lowest BCUT2D eigenvalue weighted by molar-refractivity contribution is -0.137. The lowest BCUT2D eigenvalue weighted by atomic mass is 10.1. The number of H-pyrrole nitrogens is 1. The number of guanidine groups is 1. The first kappa shape index (κ1) is 26.0. The summed E-state index contributed by atoms with van der Waals surface area (Å²) in [4.78, 5) is 16.3. The number of halogens is 4. The van der Waals surface area contributed by atoms with E-state index in [1.807, 2.05) is 26.1 Å². The maximum atomic E-state index is 13.7. The summed E-state index contributed by atoms with van der Waals surface area (Å²) in [5.41, 5.74) is 2.83. The van der Waals surface area contributed by atoms with Crippen LogP contribution in [0.4, 0.5) is 29.2 Å². The Balaban J connectivity index is 1.49. The summed E-state index contributed by atoms with van der Waals surface area (Å²) in [6, 6.07) is 10.8. The average molecular weight is 530 g/mol. The molecule has 0 saturated carbocycles. The topological polar surface area (TPSA) is 90.0 Å². The number of hydrogen-bond acceptors (Lipinski definition) is 4. The second-order valence-corrected chi connectivity index (χ2v) is 8.65. The maximum Gasteiger partial charge on any atom is 0.416 e. The van der Waals surface area contributed by atoms with Crippen LogP contribution in [0.1, 0.15) is 22.5 Å². The number of thiocarbonyl (C=S) groups is 1. The van der Waals surface area contributed by atoms with Crippen LogP contribution in [0.25, 0.3) is 10.9 Å². The van der Waals surface area contributed by atoms with Gasteiger partial charge in [-0.05, 0) is 86.6 Å². The van der Waals surface area contributed by atoms with Crippen LogP contribution >= 0.6 is 12.2 Å². The van der Waals surface area contributed by atoms with Crippen molar-refractivity contribution < 1.29 is 17.6 Å². The Morgan fingerprint density at radius 3 is 2.38 bits per heavy atom. The van der Waals surface area contributed by atoms with Gasteiger partial charge in [0.2, 0.25) is 11.9 Å². The Kier molecular flexibility index (Phi) is 7.67. The highest BCUT2D eigenvalue weighted by Crippen LogP contribution is 2.29. The molecule has 37 heavy (non-hydrogen) atoms. The lowest BCUT2D eigenvalue weighted by Gasteiger charge is -2.15. The summed E-state index contributed by atoms with van der Waals surface area (Å²) in [7, 11) is 0. The van der Waals surface area contributed by atoms with Crippen molar-refractivity contribution in [2.75, 3.05) is 17.2 Å². The molecule has 4 aromatic rings. The highest BCUT2D eigenvalue weighted by Gasteiger charge is 2.29. The van der Waals surface area contributed by atoms with E-state index in [0.29, 0.717) is 24.6 Å². The molecule has 0 saturated heterocycles. The minimum atomic E-state index is -4.43. The zero-order chi connectivity index (χ0) is 26.6. The molecular weight excluding hydrogens is 506 g/mol. The largest absolute Gasteiger partial charge is 0.416 e. The van der Waals surface area contributed by atoms with Crippen LogP contribution < -0.4 is 16.0 Å². The van der Waals surface area contributed by atoms with E-state index in [1.54, 1.807) is 6.07 Å². The minimum Gasteiger partial charge on any atom is -0.361 e. The molecule has 0 aliphatic heterocycles. The number of benzene rings is 2. The number of nitrogens with zero attached hydrogens (tertiary/aromatic N) is 3. The predicted molar refractivity (Wildman–Crippen MR) is 140 cm³/mol. The molecule has 12 heteroatoms. The molecule has 0 unspecified atom stereocenters. The molecule has 2 heterocycles. The van der Waals surface area contributed by atoms with E-state index in [-0.39, 0.29) is 16.9 Å². The first-order valence-electron chi connectivity index (χ1n) is 11.2. The number of rotatable bonds is 5. The Hall–Kier alpha value is -4.06. The number of anilines is 2. The molecule has 2 aromatic carbocycles. The highest BCUT2D eigenvalue weighted by atomic mass is 32.1. The van der Waals surface area contributed by atoms with Gasteiger partial charge in [0, 0.05) is 40.7 Å². The summed E-state index contributed by atoms with van der Waals surface area (Å²) in [5, 5.41) is 9.63. The van der Waals surface area contributed by atoms with E-state index in [0.717, 1.165) is 40.0 Å². The van der Waals surface area contributed by atoms with Gasteiger partial charge in [0.05, 0.1) is 5.56 Å². The van der Waals surface area contributed by atoms with Crippen molar-refractivity contribution in [3.8, 4) is 0 Å². The summed E-state index contributed by atoms with van der Waals surface area (Å²) in [6.07, 6.45) is -2.11.